The fraction of sp³-hybridized carbons (Fsp3) is 0.125. The van der Waals surface area contributed by atoms with Gasteiger partial charge in [-0.1, -0.05) is 29.8 Å². The molecule has 5 nitrogen and oxygen atoms in total. The maximum atomic E-state index is 12.1. The van der Waals surface area contributed by atoms with Crippen LogP contribution in [0.4, 0.5) is 0 Å². The molecule has 0 bridgehead atoms. The number of amides is 1. The van der Waals surface area contributed by atoms with E-state index in [2.05, 4.69) is 20.3 Å². The van der Waals surface area contributed by atoms with Gasteiger partial charge in [0.15, 0.2) is 10.8 Å². The van der Waals surface area contributed by atoms with E-state index in [0.29, 0.717) is 34.5 Å². The molecule has 0 saturated heterocycles. The summed E-state index contributed by atoms with van der Waals surface area (Å²) in [6.07, 6.45) is 3.96. The molecule has 3 rings (SSSR count). The summed E-state index contributed by atoms with van der Waals surface area (Å²) in [4.78, 5) is 24.6. The molecule has 0 radical (unpaired) electrons. The van der Waals surface area contributed by atoms with Crippen molar-refractivity contribution in [2.75, 3.05) is 6.54 Å². The standard InChI is InChI=1S/C16H13ClN4OS/c17-12-5-2-1-4-11(12)6-9-20-15(22)13-10-23-16(21-13)14-18-7-3-8-19-14/h1-5,7-8,10H,6,9H2,(H,20,22). The summed E-state index contributed by atoms with van der Waals surface area (Å²) in [6, 6.07) is 9.33. The topological polar surface area (TPSA) is 67.8 Å². The Hall–Kier alpha value is -2.31. The maximum Gasteiger partial charge on any atom is 0.270 e. The van der Waals surface area contributed by atoms with Crippen LogP contribution in [0.5, 0.6) is 0 Å². The molecule has 116 valence electrons. The first kappa shape index (κ1) is 15.6. The average molecular weight is 345 g/mol. The molecule has 0 atom stereocenters. The third kappa shape index (κ3) is 3.91. The number of rotatable bonds is 5. The number of benzene rings is 1. The van der Waals surface area contributed by atoms with E-state index in [-0.39, 0.29) is 5.91 Å². The Morgan fingerprint density at radius 3 is 2.74 bits per heavy atom. The Kier molecular flexibility index (Phi) is 4.95. The Morgan fingerprint density at radius 1 is 1.17 bits per heavy atom. The van der Waals surface area contributed by atoms with Crippen molar-refractivity contribution in [3.8, 4) is 10.8 Å². The Morgan fingerprint density at radius 2 is 1.96 bits per heavy atom. The molecule has 23 heavy (non-hydrogen) atoms. The van der Waals surface area contributed by atoms with Crippen molar-refractivity contribution < 1.29 is 4.79 Å². The van der Waals surface area contributed by atoms with E-state index in [4.69, 9.17) is 11.6 Å². The van der Waals surface area contributed by atoms with Crippen molar-refractivity contribution in [3.05, 3.63) is 64.4 Å². The predicted octanol–water partition coefficient (Wildman–Crippen LogP) is 3.23. The van der Waals surface area contributed by atoms with Crippen molar-refractivity contribution >= 4 is 28.8 Å². The average Bonchev–Trinajstić information content (AvgIpc) is 3.07. The first-order chi connectivity index (χ1) is 11.2. The molecule has 0 saturated carbocycles. The maximum absolute atomic E-state index is 12.1. The highest BCUT2D eigenvalue weighted by atomic mass is 35.5. The number of aromatic nitrogens is 3. The molecule has 0 fully saturated rings. The second-order valence-corrected chi connectivity index (χ2v) is 5.97. The van der Waals surface area contributed by atoms with E-state index in [1.807, 2.05) is 24.3 Å². The molecule has 1 amide bonds. The third-order valence-corrected chi connectivity index (χ3v) is 4.34. The lowest BCUT2D eigenvalue weighted by Crippen LogP contribution is -2.26. The zero-order valence-corrected chi connectivity index (χ0v) is 13.6. The van der Waals surface area contributed by atoms with Gasteiger partial charge >= 0.3 is 0 Å². The molecule has 1 N–H and O–H groups in total. The summed E-state index contributed by atoms with van der Waals surface area (Å²) in [7, 11) is 0. The lowest BCUT2D eigenvalue weighted by Gasteiger charge is -2.05. The Balaban J connectivity index is 1.59. The quantitative estimate of drug-likeness (QED) is 0.771. The summed E-state index contributed by atoms with van der Waals surface area (Å²) < 4.78 is 0. The van der Waals surface area contributed by atoms with Gasteiger partial charge in [0.05, 0.1) is 0 Å². The van der Waals surface area contributed by atoms with Crippen LogP contribution in [0, 0.1) is 0 Å². The zero-order chi connectivity index (χ0) is 16.1. The van der Waals surface area contributed by atoms with Crippen LogP contribution < -0.4 is 5.32 Å². The van der Waals surface area contributed by atoms with Crippen molar-refractivity contribution in [3.63, 3.8) is 0 Å². The summed E-state index contributed by atoms with van der Waals surface area (Å²) in [6.45, 7) is 0.497. The van der Waals surface area contributed by atoms with Crippen molar-refractivity contribution in [2.45, 2.75) is 6.42 Å². The predicted molar refractivity (Wildman–Crippen MR) is 90.6 cm³/mol. The normalized spacial score (nSPS) is 10.5. The summed E-state index contributed by atoms with van der Waals surface area (Å²) in [5, 5.41) is 5.88. The number of carbonyl (C=O) groups is 1. The number of halogens is 1. The summed E-state index contributed by atoms with van der Waals surface area (Å²) in [5.74, 6) is 0.308. The minimum absolute atomic E-state index is 0.213. The van der Waals surface area contributed by atoms with E-state index in [1.165, 1.54) is 11.3 Å². The van der Waals surface area contributed by atoms with E-state index >= 15 is 0 Å². The second kappa shape index (κ2) is 7.30. The van der Waals surface area contributed by atoms with Gasteiger partial charge in [0.25, 0.3) is 5.91 Å². The highest BCUT2D eigenvalue weighted by molar-refractivity contribution is 7.13. The zero-order valence-electron chi connectivity index (χ0n) is 12.1. The van der Waals surface area contributed by atoms with Crippen LogP contribution in [-0.2, 0) is 6.42 Å². The first-order valence-electron chi connectivity index (χ1n) is 6.98. The molecular formula is C16H13ClN4OS. The van der Waals surface area contributed by atoms with Gasteiger partial charge in [-0.25, -0.2) is 15.0 Å². The van der Waals surface area contributed by atoms with Crippen LogP contribution in [0.2, 0.25) is 5.02 Å². The number of carbonyl (C=O) groups excluding carboxylic acids is 1. The number of nitrogens with one attached hydrogen (secondary N) is 1. The minimum atomic E-state index is -0.213. The van der Waals surface area contributed by atoms with Gasteiger partial charge in [-0.05, 0) is 24.1 Å². The van der Waals surface area contributed by atoms with Crippen LogP contribution >= 0.6 is 22.9 Å². The molecule has 0 aliphatic rings. The fourth-order valence-electron chi connectivity index (χ4n) is 1.99. The number of thiazole rings is 1. The molecule has 1 aromatic carbocycles. The first-order valence-corrected chi connectivity index (χ1v) is 8.24. The fourth-order valence-corrected chi connectivity index (χ4v) is 2.97. The summed E-state index contributed by atoms with van der Waals surface area (Å²) >= 11 is 7.44. The molecule has 0 spiro atoms. The molecule has 2 aromatic heterocycles. The SMILES string of the molecule is O=C(NCCc1ccccc1Cl)c1csc(-c2ncccn2)n1. The second-order valence-electron chi connectivity index (χ2n) is 4.71. The van der Waals surface area contributed by atoms with Crippen molar-refractivity contribution in [1.82, 2.24) is 20.3 Å². The van der Waals surface area contributed by atoms with E-state index in [0.717, 1.165) is 5.56 Å². The van der Waals surface area contributed by atoms with Crippen LogP contribution in [-0.4, -0.2) is 27.4 Å². The Labute approximate surface area is 142 Å². The molecular weight excluding hydrogens is 332 g/mol. The number of hydrogen-bond donors (Lipinski definition) is 1. The molecule has 0 aliphatic carbocycles. The molecule has 0 aliphatic heterocycles. The van der Waals surface area contributed by atoms with Gasteiger partial charge in [-0.3, -0.25) is 4.79 Å². The van der Waals surface area contributed by atoms with E-state index in [1.54, 1.807) is 23.8 Å². The van der Waals surface area contributed by atoms with E-state index in [9.17, 15) is 4.79 Å². The van der Waals surface area contributed by atoms with Crippen LogP contribution in [0.15, 0.2) is 48.1 Å². The monoisotopic (exact) mass is 344 g/mol. The lowest BCUT2D eigenvalue weighted by atomic mass is 10.1. The van der Waals surface area contributed by atoms with Gasteiger partial charge in [0.1, 0.15) is 5.69 Å². The highest BCUT2D eigenvalue weighted by Crippen LogP contribution is 2.19. The molecule has 7 heteroatoms. The Bertz CT molecular complexity index is 807. The van der Waals surface area contributed by atoms with E-state index < -0.39 is 0 Å². The smallest absolute Gasteiger partial charge is 0.270 e. The van der Waals surface area contributed by atoms with Gasteiger partial charge in [0.2, 0.25) is 0 Å². The molecule has 3 aromatic rings. The van der Waals surface area contributed by atoms with Crippen LogP contribution in [0.25, 0.3) is 10.8 Å². The van der Waals surface area contributed by atoms with Crippen LogP contribution in [0.1, 0.15) is 16.1 Å². The van der Waals surface area contributed by atoms with Crippen LogP contribution in [0.3, 0.4) is 0 Å². The largest absolute Gasteiger partial charge is 0.350 e. The summed E-state index contributed by atoms with van der Waals surface area (Å²) in [5.41, 5.74) is 1.38. The van der Waals surface area contributed by atoms with Gasteiger partial charge in [-0.15, -0.1) is 11.3 Å². The molecule has 0 unspecified atom stereocenters. The highest BCUT2D eigenvalue weighted by Gasteiger charge is 2.12. The van der Waals surface area contributed by atoms with Crippen molar-refractivity contribution in [2.24, 2.45) is 0 Å². The number of nitrogens with zero attached hydrogens (tertiary/aromatic N) is 3. The van der Waals surface area contributed by atoms with Gasteiger partial charge < -0.3 is 5.32 Å². The van der Waals surface area contributed by atoms with Gasteiger partial charge in [0, 0.05) is 29.3 Å². The lowest BCUT2D eigenvalue weighted by molar-refractivity contribution is 0.0950. The molecule has 2 heterocycles. The third-order valence-electron chi connectivity index (χ3n) is 3.13. The van der Waals surface area contributed by atoms with Crippen molar-refractivity contribution in [1.29, 1.82) is 0 Å². The minimum Gasteiger partial charge on any atom is -0.350 e. The number of hydrogen-bond acceptors (Lipinski definition) is 5. The van der Waals surface area contributed by atoms with Gasteiger partial charge in [-0.2, -0.15) is 0 Å².